The first-order chi connectivity index (χ1) is 7.26. The normalized spacial score (nSPS) is 19.5. The topological polar surface area (TPSA) is 30.5 Å². The second kappa shape index (κ2) is 4.11. The molecule has 1 aromatic carbocycles. The summed E-state index contributed by atoms with van der Waals surface area (Å²) in [6.07, 6.45) is 1.03. The van der Waals surface area contributed by atoms with Gasteiger partial charge >= 0.3 is 0 Å². The van der Waals surface area contributed by atoms with Gasteiger partial charge in [-0.05, 0) is 31.5 Å². The molecule has 15 heavy (non-hydrogen) atoms. The van der Waals surface area contributed by atoms with Gasteiger partial charge in [-0.15, -0.1) is 0 Å². The number of fused-ring (bicyclic) bond motifs is 1. The van der Waals surface area contributed by atoms with E-state index in [-0.39, 0.29) is 0 Å². The summed E-state index contributed by atoms with van der Waals surface area (Å²) in [6, 6.07) is 4.41. The van der Waals surface area contributed by atoms with E-state index in [1.165, 1.54) is 11.1 Å². The molecule has 3 heteroatoms. The molecule has 3 nitrogen and oxygen atoms in total. The third-order valence-corrected chi connectivity index (χ3v) is 2.93. The molecule has 0 radical (unpaired) electrons. The highest BCUT2D eigenvalue weighted by molar-refractivity contribution is 5.49. The highest BCUT2D eigenvalue weighted by atomic mass is 16.5. The van der Waals surface area contributed by atoms with E-state index in [2.05, 4.69) is 18.3 Å². The Kier molecular flexibility index (Phi) is 2.82. The van der Waals surface area contributed by atoms with Crippen LogP contribution in [0.5, 0.6) is 11.5 Å². The van der Waals surface area contributed by atoms with Crippen LogP contribution in [0.2, 0.25) is 0 Å². The second-order valence-corrected chi connectivity index (χ2v) is 3.83. The Balaban J connectivity index is 2.52. The van der Waals surface area contributed by atoms with Crippen molar-refractivity contribution in [3.05, 3.63) is 23.3 Å². The molecule has 0 aromatic heterocycles. The molecule has 0 saturated heterocycles. The lowest BCUT2D eigenvalue weighted by Crippen LogP contribution is -2.28. The van der Waals surface area contributed by atoms with Gasteiger partial charge in [0, 0.05) is 17.7 Å². The average Bonchev–Trinajstić information content (AvgIpc) is 2.27. The predicted octanol–water partition coefficient (Wildman–Crippen LogP) is 1.91. The number of ether oxygens (including phenoxy) is 2. The van der Waals surface area contributed by atoms with Crippen molar-refractivity contribution in [3.8, 4) is 11.5 Å². The number of hydrogen-bond donors (Lipinski definition) is 1. The lowest BCUT2D eigenvalue weighted by Gasteiger charge is -2.26. The van der Waals surface area contributed by atoms with E-state index >= 15 is 0 Å². The van der Waals surface area contributed by atoms with Crippen molar-refractivity contribution in [1.29, 1.82) is 0 Å². The quantitative estimate of drug-likeness (QED) is 0.803. The fraction of sp³-hybridized carbons (Fsp3) is 0.500. The van der Waals surface area contributed by atoms with Crippen molar-refractivity contribution in [2.75, 3.05) is 20.8 Å². The number of rotatable bonds is 2. The van der Waals surface area contributed by atoms with Gasteiger partial charge < -0.3 is 14.8 Å². The molecule has 0 fully saturated rings. The molecule has 1 N–H and O–H groups in total. The van der Waals surface area contributed by atoms with Gasteiger partial charge in [-0.2, -0.15) is 0 Å². The first-order valence-corrected chi connectivity index (χ1v) is 5.24. The summed E-state index contributed by atoms with van der Waals surface area (Å²) in [5.74, 6) is 1.80. The van der Waals surface area contributed by atoms with Crippen LogP contribution in [0.15, 0.2) is 12.1 Å². The Morgan fingerprint density at radius 3 is 2.73 bits per heavy atom. The van der Waals surface area contributed by atoms with Crippen molar-refractivity contribution in [3.63, 3.8) is 0 Å². The maximum absolute atomic E-state index is 5.41. The lowest BCUT2D eigenvalue weighted by atomic mass is 9.94. The molecule has 1 aliphatic heterocycles. The van der Waals surface area contributed by atoms with Crippen LogP contribution in [0.4, 0.5) is 0 Å². The van der Waals surface area contributed by atoms with E-state index in [4.69, 9.17) is 9.47 Å². The van der Waals surface area contributed by atoms with Gasteiger partial charge in [-0.1, -0.05) is 0 Å². The highest BCUT2D eigenvalue weighted by Crippen LogP contribution is 2.35. The Morgan fingerprint density at radius 2 is 2.07 bits per heavy atom. The predicted molar refractivity (Wildman–Crippen MR) is 59.7 cm³/mol. The minimum atomic E-state index is 0.356. The molecule has 0 aliphatic carbocycles. The molecule has 0 spiro atoms. The number of benzene rings is 1. The molecular formula is C12H17NO2. The van der Waals surface area contributed by atoms with Crippen molar-refractivity contribution in [2.45, 2.75) is 19.4 Å². The van der Waals surface area contributed by atoms with E-state index < -0.39 is 0 Å². The van der Waals surface area contributed by atoms with Gasteiger partial charge in [0.05, 0.1) is 14.2 Å². The molecule has 0 saturated carbocycles. The van der Waals surface area contributed by atoms with E-state index in [0.717, 1.165) is 24.5 Å². The standard InChI is InChI=1S/C12H17NO2/c1-8-12-9(4-5-13-8)6-10(14-2)7-11(12)15-3/h6-8,13H,4-5H2,1-3H3. The molecule has 82 valence electrons. The Morgan fingerprint density at radius 1 is 1.27 bits per heavy atom. The average molecular weight is 207 g/mol. The van der Waals surface area contributed by atoms with Crippen molar-refractivity contribution < 1.29 is 9.47 Å². The third kappa shape index (κ3) is 1.79. The zero-order chi connectivity index (χ0) is 10.8. The van der Waals surface area contributed by atoms with E-state index in [0.29, 0.717) is 6.04 Å². The minimum Gasteiger partial charge on any atom is -0.497 e. The van der Waals surface area contributed by atoms with E-state index in [9.17, 15) is 0 Å². The van der Waals surface area contributed by atoms with Crippen molar-refractivity contribution >= 4 is 0 Å². The smallest absolute Gasteiger partial charge is 0.127 e. The molecule has 1 heterocycles. The number of methoxy groups -OCH3 is 2. The summed E-state index contributed by atoms with van der Waals surface area (Å²) in [5, 5.41) is 3.43. The first kappa shape index (κ1) is 10.3. The molecule has 1 atom stereocenters. The largest absolute Gasteiger partial charge is 0.497 e. The maximum Gasteiger partial charge on any atom is 0.127 e. The van der Waals surface area contributed by atoms with Crippen LogP contribution in [-0.2, 0) is 6.42 Å². The molecule has 0 amide bonds. The lowest BCUT2D eigenvalue weighted by molar-refractivity contribution is 0.380. The van der Waals surface area contributed by atoms with Gasteiger partial charge in [0.2, 0.25) is 0 Å². The van der Waals surface area contributed by atoms with Gasteiger partial charge in [0.25, 0.3) is 0 Å². The van der Waals surface area contributed by atoms with Crippen LogP contribution in [0.1, 0.15) is 24.1 Å². The number of nitrogens with one attached hydrogen (secondary N) is 1. The number of hydrogen-bond acceptors (Lipinski definition) is 3. The summed E-state index contributed by atoms with van der Waals surface area (Å²) in [6.45, 7) is 3.18. The fourth-order valence-electron chi connectivity index (χ4n) is 2.17. The molecule has 2 rings (SSSR count). The van der Waals surface area contributed by atoms with Gasteiger partial charge in [0.1, 0.15) is 11.5 Å². The van der Waals surface area contributed by atoms with Crippen LogP contribution in [-0.4, -0.2) is 20.8 Å². The molecule has 1 aliphatic rings. The zero-order valence-corrected chi connectivity index (χ0v) is 9.46. The summed E-state index contributed by atoms with van der Waals surface area (Å²) in [4.78, 5) is 0. The van der Waals surface area contributed by atoms with Crippen molar-refractivity contribution in [1.82, 2.24) is 5.32 Å². The van der Waals surface area contributed by atoms with E-state index in [1.807, 2.05) is 6.07 Å². The molecule has 1 aromatic rings. The van der Waals surface area contributed by atoms with Gasteiger partial charge in [-0.25, -0.2) is 0 Å². The Hall–Kier alpha value is -1.22. The Bertz CT molecular complexity index is 346. The molecular weight excluding hydrogens is 190 g/mol. The fourth-order valence-corrected chi connectivity index (χ4v) is 2.17. The third-order valence-electron chi connectivity index (χ3n) is 2.93. The van der Waals surface area contributed by atoms with Crippen LogP contribution >= 0.6 is 0 Å². The first-order valence-electron chi connectivity index (χ1n) is 5.24. The van der Waals surface area contributed by atoms with Crippen LogP contribution < -0.4 is 14.8 Å². The molecule has 0 bridgehead atoms. The second-order valence-electron chi connectivity index (χ2n) is 3.83. The summed E-state index contributed by atoms with van der Waals surface area (Å²) in [7, 11) is 3.39. The maximum atomic E-state index is 5.41. The summed E-state index contributed by atoms with van der Waals surface area (Å²) < 4.78 is 10.7. The zero-order valence-electron chi connectivity index (χ0n) is 9.46. The van der Waals surface area contributed by atoms with E-state index in [1.54, 1.807) is 14.2 Å². The summed E-state index contributed by atoms with van der Waals surface area (Å²) >= 11 is 0. The minimum absolute atomic E-state index is 0.356. The van der Waals surface area contributed by atoms with Crippen LogP contribution in [0, 0.1) is 0 Å². The van der Waals surface area contributed by atoms with Crippen molar-refractivity contribution in [2.24, 2.45) is 0 Å². The molecule has 1 unspecified atom stereocenters. The van der Waals surface area contributed by atoms with Crippen LogP contribution in [0.25, 0.3) is 0 Å². The SMILES string of the molecule is COc1cc2c(c(OC)c1)C(C)NCC2. The van der Waals surface area contributed by atoms with Gasteiger partial charge in [0.15, 0.2) is 0 Å². The van der Waals surface area contributed by atoms with Crippen LogP contribution in [0.3, 0.4) is 0 Å². The monoisotopic (exact) mass is 207 g/mol. The summed E-state index contributed by atoms with van der Waals surface area (Å²) in [5.41, 5.74) is 2.60. The van der Waals surface area contributed by atoms with Gasteiger partial charge in [-0.3, -0.25) is 0 Å². The Labute approximate surface area is 90.4 Å². The highest BCUT2D eigenvalue weighted by Gasteiger charge is 2.21.